The summed E-state index contributed by atoms with van der Waals surface area (Å²) < 4.78 is 0. The fourth-order valence-electron chi connectivity index (χ4n) is 3.41. The first-order chi connectivity index (χ1) is 9.87. The van der Waals surface area contributed by atoms with Crippen molar-refractivity contribution >= 4 is 0 Å². The van der Waals surface area contributed by atoms with E-state index >= 15 is 0 Å². The molecule has 0 atom stereocenters. The number of nitriles is 1. The van der Waals surface area contributed by atoms with E-state index in [1.807, 2.05) is 18.2 Å². The van der Waals surface area contributed by atoms with Crippen molar-refractivity contribution in [1.82, 2.24) is 10.2 Å². The summed E-state index contributed by atoms with van der Waals surface area (Å²) in [5.74, 6) is 0. The molecule has 0 amide bonds. The van der Waals surface area contributed by atoms with Gasteiger partial charge in [-0.25, -0.2) is 0 Å². The highest BCUT2D eigenvalue weighted by atomic mass is 15.1. The van der Waals surface area contributed by atoms with E-state index in [2.05, 4.69) is 56.4 Å². The Kier molecular flexibility index (Phi) is 4.70. The van der Waals surface area contributed by atoms with Crippen molar-refractivity contribution in [3.63, 3.8) is 0 Å². The average Bonchev–Trinajstić information content (AvgIpc) is 2.37. The van der Waals surface area contributed by atoms with Crippen LogP contribution in [0.4, 0.5) is 0 Å². The van der Waals surface area contributed by atoms with Crippen LogP contribution in [0.25, 0.3) is 0 Å². The van der Waals surface area contributed by atoms with Gasteiger partial charge in [-0.2, -0.15) is 5.26 Å². The summed E-state index contributed by atoms with van der Waals surface area (Å²) in [5, 5.41) is 13.2. The second kappa shape index (κ2) is 6.17. The van der Waals surface area contributed by atoms with Crippen molar-refractivity contribution in [2.24, 2.45) is 5.41 Å². The minimum atomic E-state index is -0.273. The average molecular weight is 285 g/mol. The molecule has 0 saturated heterocycles. The maximum atomic E-state index is 9.57. The Bertz CT molecular complexity index is 493. The molecule has 1 N–H and O–H groups in total. The molecular formula is C18H27N3. The molecule has 2 rings (SSSR count). The molecule has 0 radical (unpaired) electrons. The van der Waals surface area contributed by atoms with Crippen LogP contribution in [0.3, 0.4) is 0 Å². The molecule has 1 aliphatic carbocycles. The summed E-state index contributed by atoms with van der Waals surface area (Å²) in [6, 6.07) is 13.2. The number of hydrogen-bond acceptors (Lipinski definition) is 3. The lowest BCUT2D eigenvalue weighted by Crippen LogP contribution is -2.53. The molecule has 21 heavy (non-hydrogen) atoms. The number of benzene rings is 1. The maximum Gasteiger partial charge on any atom is 0.0852 e. The van der Waals surface area contributed by atoms with Gasteiger partial charge in [0, 0.05) is 19.1 Å². The summed E-state index contributed by atoms with van der Waals surface area (Å²) >= 11 is 0. The number of hydrogen-bond donors (Lipinski definition) is 1. The number of nitrogens with one attached hydrogen (secondary N) is 1. The minimum absolute atomic E-state index is 0.251. The van der Waals surface area contributed by atoms with Crippen molar-refractivity contribution in [3.05, 3.63) is 35.9 Å². The molecule has 1 fully saturated rings. The fourth-order valence-corrected chi connectivity index (χ4v) is 3.41. The molecular weight excluding hydrogens is 258 g/mol. The van der Waals surface area contributed by atoms with Crippen LogP contribution in [0.2, 0.25) is 0 Å². The van der Waals surface area contributed by atoms with Gasteiger partial charge in [-0.05, 0) is 37.9 Å². The molecule has 1 aromatic rings. The van der Waals surface area contributed by atoms with E-state index in [9.17, 15) is 5.26 Å². The second-order valence-corrected chi connectivity index (χ2v) is 7.45. The highest BCUT2D eigenvalue weighted by molar-refractivity contribution is 5.36. The Morgan fingerprint density at radius 3 is 2.43 bits per heavy atom. The molecule has 3 heteroatoms. The van der Waals surface area contributed by atoms with Gasteiger partial charge in [0.25, 0.3) is 0 Å². The molecule has 0 aromatic heterocycles. The van der Waals surface area contributed by atoms with E-state index in [1.165, 1.54) is 0 Å². The van der Waals surface area contributed by atoms with Crippen LogP contribution >= 0.6 is 0 Å². The zero-order chi connectivity index (χ0) is 15.5. The van der Waals surface area contributed by atoms with Gasteiger partial charge in [-0.15, -0.1) is 0 Å². The molecule has 0 spiro atoms. The highest BCUT2D eigenvalue weighted by Crippen LogP contribution is 2.43. The maximum absolute atomic E-state index is 9.57. The zero-order valence-electron chi connectivity index (χ0n) is 13.7. The quantitative estimate of drug-likeness (QED) is 0.873. The third-order valence-electron chi connectivity index (χ3n) is 4.34. The van der Waals surface area contributed by atoms with Crippen molar-refractivity contribution < 1.29 is 0 Å². The summed E-state index contributed by atoms with van der Waals surface area (Å²) in [6.07, 6.45) is 1.84. The fraction of sp³-hybridized carbons (Fsp3) is 0.611. The van der Waals surface area contributed by atoms with E-state index in [1.54, 1.807) is 0 Å². The predicted molar refractivity (Wildman–Crippen MR) is 87.1 cm³/mol. The van der Waals surface area contributed by atoms with Gasteiger partial charge in [0.05, 0.1) is 11.5 Å². The Balaban J connectivity index is 1.87. The van der Waals surface area contributed by atoms with E-state index in [0.29, 0.717) is 6.04 Å². The van der Waals surface area contributed by atoms with Crippen molar-refractivity contribution in [2.75, 3.05) is 27.2 Å². The first-order valence-corrected chi connectivity index (χ1v) is 7.72. The third-order valence-corrected chi connectivity index (χ3v) is 4.34. The molecule has 1 saturated carbocycles. The smallest absolute Gasteiger partial charge is 0.0852 e. The van der Waals surface area contributed by atoms with Crippen LogP contribution in [0.5, 0.6) is 0 Å². The van der Waals surface area contributed by atoms with Crippen LogP contribution < -0.4 is 5.32 Å². The van der Waals surface area contributed by atoms with Gasteiger partial charge in [0.2, 0.25) is 0 Å². The Morgan fingerprint density at radius 1 is 1.29 bits per heavy atom. The molecule has 1 aromatic carbocycles. The summed E-state index contributed by atoms with van der Waals surface area (Å²) in [6.45, 7) is 6.63. The molecule has 114 valence electrons. The van der Waals surface area contributed by atoms with Gasteiger partial charge in [-0.3, -0.25) is 0 Å². The zero-order valence-corrected chi connectivity index (χ0v) is 13.7. The monoisotopic (exact) mass is 285 g/mol. The predicted octanol–water partition coefficient (Wildman–Crippen LogP) is 2.79. The highest BCUT2D eigenvalue weighted by Gasteiger charge is 2.46. The van der Waals surface area contributed by atoms with Crippen LogP contribution in [-0.4, -0.2) is 38.1 Å². The summed E-state index contributed by atoms with van der Waals surface area (Å²) in [4.78, 5) is 2.23. The van der Waals surface area contributed by atoms with E-state index in [-0.39, 0.29) is 10.8 Å². The lowest BCUT2D eigenvalue weighted by molar-refractivity contribution is 0.178. The topological polar surface area (TPSA) is 39.1 Å². The molecule has 0 unspecified atom stereocenters. The largest absolute Gasteiger partial charge is 0.313 e. The molecule has 3 nitrogen and oxygen atoms in total. The SMILES string of the molecule is CN(C)CC(C)(C)CNC1CC(C#N)(c2ccccc2)C1. The van der Waals surface area contributed by atoms with E-state index < -0.39 is 0 Å². The van der Waals surface area contributed by atoms with Crippen LogP contribution in [0.15, 0.2) is 30.3 Å². The molecule has 0 aliphatic heterocycles. The first-order valence-electron chi connectivity index (χ1n) is 7.72. The van der Waals surface area contributed by atoms with Gasteiger partial charge < -0.3 is 10.2 Å². The minimum Gasteiger partial charge on any atom is -0.313 e. The Morgan fingerprint density at radius 2 is 1.90 bits per heavy atom. The van der Waals surface area contributed by atoms with Crippen molar-refractivity contribution in [1.29, 1.82) is 5.26 Å². The second-order valence-electron chi connectivity index (χ2n) is 7.45. The van der Waals surface area contributed by atoms with Gasteiger partial charge in [-0.1, -0.05) is 44.2 Å². The van der Waals surface area contributed by atoms with Gasteiger partial charge in [0.1, 0.15) is 0 Å². The summed E-state index contributed by atoms with van der Waals surface area (Å²) in [5.41, 5.74) is 1.14. The normalized spacial score (nSPS) is 25.4. The third kappa shape index (κ3) is 3.84. The standard InChI is InChI=1S/C18H27N3/c1-17(2,14-21(3)4)13-20-16-10-18(11-16,12-19)15-8-6-5-7-9-15/h5-9,16,20H,10-11,13-14H2,1-4H3. The number of rotatable bonds is 6. The number of nitrogens with zero attached hydrogens (tertiary/aromatic N) is 2. The summed E-state index contributed by atoms with van der Waals surface area (Å²) in [7, 11) is 4.22. The lowest BCUT2D eigenvalue weighted by atomic mass is 9.62. The van der Waals surface area contributed by atoms with Crippen LogP contribution in [-0.2, 0) is 5.41 Å². The van der Waals surface area contributed by atoms with Crippen molar-refractivity contribution in [2.45, 2.75) is 38.1 Å². The van der Waals surface area contributed by atoms with Gasteiger partial charge >= 0.3 is 0 Å². The molecule has 1 aliphatic rings. The van der Waals surface area contributed by atoms with Crippen molar-refractivity contribution in [3.8, 4) is 6.07 Å². The van der Waals surface area contributed by atoms with E-state index in [4.69, 9.17) is 0 Å². The van der Waals surface area contributed by atoms with E-state index in [0.717, 1.165) is 31.5 Å². The van der Waals surface area contributed by atoms with Crippen LogP contribution in [0.1, 0.15) is 32.3 Å². The Hall–Kier alpha value is -1.37. The molecule has 0 heterocycles. The molecule has 0 bridgehead atoms. The Labute approximate surface area is 129 Å². The van der Waals surface area contributed by atoms with Gasteiger partial charge in [0.15, 0.2) is 0 Å². The lowest BCUT2D eigenvalue weighted by Gasteiger charge is -2.44. The first kappa shape index (κ1) is 16.0. The van der Waals surface area contributed by atoms with Crippen LogP contribution in [0, 0.1) is 16.7 Å².